The van der Waals surface area contributed by atoms with E-state index in [2.05, 4.69) is 0 Å². The van der Waals surface area contributed by atoms with Gasteiger partial charge in [-0.05, 0) is 23.7 Å². The third-order valence-electron chi connectivity index (χ3n) is 6.19. The second-order valence-corrected chi connectivity index (χ2v) is 10.1. The van der Waals surface area contributed by atoms with Crippen LogP contribution >= 0.6 is 0 Å². The van der Waals surface area contributed by atoms with E-state index in [0.717, 1.165) is 0 Å². The topological polar surface area (TPSA) is 46.5 Å². The molecule has 0 amide bonds. The molecule has 0 aromatic heterocycles. The van der Waals surface area contributed by atoms with E-state index < -0.39 is 34.9 Å². The lowest BCUT2D eigenvalue weighted by molar-refractivity contribution is -0.124. The van der Waals surface area contributed by atoms with Crippen LogP contribution in [0.1, 0.15) is 64.9 Å². The Morgan fingerprint density at radius 2 is 1.45 bits per heavy atom. The van der Waals surface area contributed by atoms with Crippen LogP contribution in [0.2, 0.25) is 0 Å². The van der Waals surface area contributed by atoms with Gasteiger partial charge in [-0.2, -0.15) is 0 Å². The molecule has 0 bridgehead atoms. The lowest BCUT2D eigenvalue weighted by Gasteiger charge is -2.44. The molecule has 6 heteroatoms. The molecule has 2 unspecified atom stereocenters. The van der Waals surface area contributed by atoms with Gasteiger partial charge in [0, 0.05) is 53.4 Å². The fourth-order valence-electron chi connectivity index (χ4n) is 5.17. The standard InChI is InChI=1S/C23H24F3NO2/c1-22(2)7-14-19(16(28)9-22)21(18-12(25)5-11(24)6-13(18)26)20-15(27-14)8-23(3,4)10-17(20)29/h5-6,19,21H,7-10H2,1-4H3. The normalized spacial score (nSPS) is 28.0. The smallest absolute Gasteiger partial charge is 0.161 e. The monoisotopic (exact) mass is 403 g/mol. The summed E-state index contributed by atoms with van der Waals surface area (Å²) in [6, 6.07) is 1.22. The Hall–Kier alpha value is -2.24. The molecule has 29 heavy (non-hydrogen) atoms. The third-order valence-corrected chi connectivity index (χ3v) is 6.19. The summed E-state index contributed by atoms with van der Waals surface area (Å²) in [7, 11) is 0. The summed E-state index contributed by atoms with van der Waals surface area (Å²) in [5.74, 6) is -5.59. The highest BCUT2D eigenvalue weighted by molar-refractivity contribution is 6.13. The maximum absolute atomic E-state index is 14.8. The number of benzene rings is 1. The molecule has 0 saturated heterocycles. The Morgan fingerprint density at radius 3 is 2.07 bits per heavy atom. The predicted octanol–water partition coefficient (Wildman–Crippen LogP) is 5.29. The lowest BCUT2D eigenvalue weighted by Crippen LogP contribution is -2.45. The van der Waals surface area contributed by atoms with Crippen LogP contribution in [0.4, 0.5) is 13.2 Å². The van der Waals surface area contributed by atoms with Crippen molar-refractivity contribution < 1.29 is 22.8 Å². The molecule has 154 valence electrons. The Bertz CT molecular complexity index is 980. The van der Waals surface area contributed by atoms with Crippen LogP contribution in [0.5, 0.6) is 0 Å². The molecular weight excluding hydrogens is 379 g/mol. The number of rotatable bonds is 1. The summed E-state index contributed by atoms with van der Waals surface area (Å²) in [6.07, 6.45) is 1.44. The average Bonchev–Trinajstić information content (AvgIpc) is 2.49. The van der Waals surface area contributed by atoms with Crippen LogP contribution in [0, 0.1) is 34.2 Å². The number of ketones is 2. The number of hydrogen-bond donors (Lipinski definition) is 0. The largest absolute Gasteiger partial charge is 0.299 e. The van der Waals surface area contributed by atoms with E-state index in [1.807, 2.05) is 27.7 Å². The number of carbonyl (C=O) groups is 2. The third kappa shape index (κ3) is 3.36. The summed E-state index contributed by atoms with van der Waals surface area (Å²) < 4.78 is 43.2. The van der Waals surface area contributed by atoms with E-state index in [1.54, 1.807) is 0 Å². The summed E-state index contributed by atoms with van der Waals surface area (Å²) in [5, 5.41) is 0. The van der Waals surface area contributed by atoms with E-state index in [0.29, 0.717) is 36.4 Å². The Morgan fingerprint density at radius 1 is 0.862 bits per heavy atom. The molecule has 1 heterocycles. The predicted molar refractivity (Wildman–Crippen MR) is 103 cm³/mol. The van der Waals surface area contributed by atoms with Gasteiger partial charge in [0.05, 0.1) is 5.92 Å². The number of aliphatic imine (C=N–C) groups is 1. The first-order valence-corrected chi connectivity index (χ1v) is 9.89. The van der Waals surface area contributed by atoms with Gasteiger partial charge in [0.15, 0.2) is 5.78 Å². The molecule has 0 radical (unpaired) electrons. The number of allylic oxidation sites excluding steroid dienone is 2. The quantitative estimate of drug-likeness (QED) is 0.640. The Kier molecular flexibility index (Phi) is 4.41. The first kappa shape index (κ1) is 20.0. The van der Waals surface area contributed by atoms with Gasteiger partial charge in [0.25, 0.3) is 0 Å². The highest BCUT2D eigenvalue weighted by Crippen LogP contribution is 2.52. The number of carbonyl (C=O) groups excluding carboxylic acids is 2. The van der Waals surface area contributed by atoms with Gasteiger partial charge >= 0.3 is 0 Å². The van der Waals surface area contributed by atoms with Crippen LogP contribution in [0.25, 0.3) is 0 Å². The first-order chi connectivity index (χ1) is 13.4. The first-order valence-electron chi connectivity index (χ1n) is 9.89. The highest BCUT2D eigenvalue weighted by Gasteiger charge is 2.51. The van der Waals surface area contributed by atoms with Crippen LogP contribution in [0.15, 0.2) is 28.4 Å². The van der Waals surface area contributed by atoms with E-state index in [-0.39, 0.29) is 40.8 Å². The summed E-state index contributed by atoms with van der Waals surface area (Å²) in [5.41, 5.74) is 0.252. The van der Waals surface area contributed by atoms with Gasteiger partial charge in [-0.15, -0.1) is 0 Å². The van der Waals surface area contributed by atoms with Crippen molar-refractivity contribution in [2.75, 3.05) is 0 Å². The molecule has 1 fully saturated rings. The number of halogens is 3. The van der Waals surface area contributed by atoms with Crippen molar-refractivity contribution in [3.8, 4) is 0 Å². The summed E-state index contributed by atoms with van der Waals surface area (Å²) in [6.45, 7) is 7.81. The number of nitrogens with zero attached hydrogens (tertiary/aromatic N) is 1. The number of Topliss-reactive ketones (excluding diaryl/α,β-unsaturated/α-hetero) is 2. The number of hydrogen-bond acceptors (Lipinski definition) is 3. The van der Waals surface area contributed by atoms with Gasteiger partial charge in [-0.3, -0.25) is 14.6 Å². The van der Waals surface area contributed by atoms with Crippen molar-refractivity contribution >= 4 is 17.3 Å². The van der Waals surface area contributed by atoms with Gasteiger partial charge in [-0.1, -0.05) is 27.7 Å². The van der Waals surface area contributed by atoms with E-state index in [4.69, 9.17) is 4.99 Å². The SMILES string of the molecule is CC1(C)CC(=O)C2C(=NC3=C(C(=O)CC(C)(C)C3)C2c2c(F)cc(F)cc2F)C1. The minimum atomic E-state index is -1.09. The molecule has 3 nitrogen and oxygen atoms in total. The van der Waals surface area contributed by atoms with Crippen LogP contribution in [-0.4, -0.2) is 17.3 Å². The van der Waals surface area contributed by atoms with Crippen molar-refractivity contribution in [1.82, 2.24) is 0 Å². The van der Waals surface area contributed by atoms with Crippen LogP contribution in [-0.2, 0) is 9.59 Å². The van der Waals surface area contributed by atoms with E-state index >= 15 is 0 Å². The van der Waals surface area contributed by atoms with Gasteiger partial charge in [0.1, 0.15) is 23.2 Å². The summed E-state index contributed by atoms with van der Waals surface area (Å²) >= 11 is 0. The number of fused-ring (bicyclic) bond motifs is 1. The second kappa shape index (κ2) is 6.38. The van der Waals surface area contributed by atoms with E-state index in [9.17, 15) is 22.8 Å². The molecule has 0 N–H and O–H groups in total. The highest BCUT2D eigenvalue weighted by atomic mass is 19.1. The zero-order valence-electron chi connectivity index (χ0n) is 17.0. The average molecular weight is 403 g/mol. The minimum Gasteiger partial charge on any atom is -0.299 e. The molecule has 1 aromatic carbocycles. The van der Waals surface area contributed by atoms with Crippen molar-refractivity contribution in [1.29, 1.82) is 0 Å². The van der Waals surface area contributed by atoms with Crippen molar-refractivity contribution in [2.45, 2.75) is 59.3 Å². The fourth-order valence-corrected chi connectivity index (χ4v) is 5.17. The zero-order valence-corrected chi connectivity index (χ0v) is 17.0. The van der Waals surface area contributed by atoms with Crippen molar-refractivity contribution in [2.24, 2.45) is 21.7 Å². The zero-order chi connectivity index (χ0) is 21.3. The molecule has 1 saturated carbocycles. The fraction of sp³-hybridized carbons (Fsp3) is 0.522. The molecule has 4 rings (SSSR count). The molecule has 3 aliphatic rings. The molecule has 2 atom stereocenters. The van der Waals surface area contributed by atoms with Crippen LogP contribution < -0.4 is 0 Å². The lowest BCUT2D eigenvalue weighted by atomic mass is 9.60. The minimum absolute atomic E-state index is 0.183. The van der Waals surface area contributed by atoms with Crippen LogP contribution in [0.3, 0.4) is 0 Å². The summed E-state index contributed by atoms with van der Waals surface area (Å²) in [4.78, 5) is 30.9. The molecule has 0 spiro atoms. The van der Waals surface area contributed by atoms with Gasteiger partial charge in [0.2, 0.25) is 0 Å². The van der Waals surface area contributed by atoms with E-state index in [1.165, 1.54) is 0 Å². The van der Waals surface area contributed by atoms with Gasteiger partial charge in [-0.25, -0.2) is 13.2 Å². The molecule has 1 aliphatic heterocycles. The maximum atomic E-state index is 14.8. The van der Waals surface area contributed by atoms with Crippen molar-refractivity contribution in [3.05, 3.63) is 46.4 Å². The van der Waals surface area contributed by atoms with Crippen molar-refractivity contribution in [3.63, 3.8) is 0 Å². The molecule has 2 aliphatic carbocycles. The Balaban J connectivity index is 1.97. The molecular formula is C23H24F3NO2. The van der Waals surface area contributed by atoms with Gasteiger partial charge < -0.3 is 0 Å². The maximum Gasteiger partial charge on any atom is 0.161 e. The Labute approximate surface area is 168 Å². The second-order valence-electron chi connectivity index (χ2n) is 10.1. The molecule has 1 aromatic rings.